The first-order valence-electron chi connectivity index (χ1n) is 8.99. The molecule has 4 rings (SSSR count). The van der Waals surface area contributed by atoms with Crippen LogP contribution in [0.15, 0.2) is 36.4 Å². The number of ether oxygens (including phenoxy) is 1. The summed E-state index contributed by atoms with van der Waals surface area (Å²) in [5.74, 6) is 1.04. The van der Waals surface area contributed by atoms with Crippen molar-refractivity contribution in [1.82, 2.24) is 0 Å². The Morgan fingerprint density at radius 2 is 1.88 bits per heavy atom. The minimum absolute atomic E-state index is 0.0638. The second-order valence-corrected chi connectivity index (χ2v) is 7.98. The monoisotopic (exact) mass is 380 g/mol. The average Bonchev–Trinajstić information content (AvgIpc) is 3.27. The van der Waals surface area contributed by atoms with Crippen LogP contribution < -0.4 is 0 Å². The van der Waals surface area contributed by atoms with Gasteiger partial charge in [-0.3, -0.25) is 0 Å². The summed E-state index contributed by atoms with van der Waals surface area (Å²) >= 11 is 0. The smallest absolute Gasteiger partial charge is 0.155 e. The summed E-state index contributed by atoms with van der Waals surface area (Å²) < 4.78 is 16.9. The molecule has 6 heteroatoms. The number of hydrogen-bond acceptors (Lipinski definition) is 4. The van der Waals surface area contributed by atoms with Gasteiger partial charge in [0.05, 0.1) is 18.3 Å². The number of aliphatic hydroxyl groups is 1. The molecule has 3 aliphatic rings. The zero-order chi connectivity index (χ0) is 17.4. The van der Waals surface area contributed by atoms with Crippen molar-refractivity contribution in [2.24, 2.45) is 17.8 Å². The maximum absolute atomic E-state index is 9.79. The molecule has 1 aliphatic heterocycles. The zero-order valence-corrected chi connectivity index (χ0v) is 16.5. The summed E-state index contributed by atoms with van der Waals surface area (Å²) in [4.78, 5) is 0. The molecule has 25 heavy (non-hydrogen) atoms. The molecule has 1 heterocycles. The summed E-state index contributed by atoms with van der Waals surface area (Å²) in [6.45, 7) is 0. The van der Waals surface area contributed by atoms with Crippen molar-refractivity contribution >= 4 is 18.9 Å². The SMILES string of the molecule is OC1C[C@H]2C(CC(OP)[C@@H]2/C=C/C(OP)C2Cc3ccccc3C2)O1. The zero-order valence-electron chi connectivity index (χ0n) is 14.2. The van der Waals surface area contributed by atoms with Gasteiger partial charge in [-0.2, -0.15) is 0 Å². The van der Waals surface area contributed by atoms with E-state index in [-0.39, 0.29) is 24.2 Å². The Bertz CT molecular complexity index is 613. The molecule has 0 bridgehead atoms. The van der Waals surface area contributed by atoms with Crippen molar-refractivity contribution in [1.29, 1.82) is 0 Å². The van der Waals surface area contributed by atoms with E-state index in [4.69, 9.17) is 13.8 Å². The second kappa shape index (κ2) is 7.72. The van der Waals surface area contributed by atoms with E-state index >= 15 is 0 Å². The fourth-order valence-electron chi connectivity index (χ4n) is 4.83. The summed E-state index contributed by atoms with van der Waals surface area (Å²) in [6, 6.07) is 8.66. The van der Waals surface area contributed by atoms with Crippen molar-refractivity contribution < 1.29 is 18.9 Å². The van der Waals surface area contributed by atoms with Gasteiger partial charge in [-0.25, -0.2) is 0 Å². The van der Waals surface area contributed by atoms with E-state index in [9.17, 15) is 5.11 Å². The summed E-state index contributed by atoms with van der Waals surface area (Å²) in [5.41, 5.74) is 2.87. The minimum atomic E-state index is -0.630. The van der Waals surface area contributed by atoms with E-state index < -0.39 is 6.29 Å². The lowest BCUT2D eigenvalue weighted by Crippen LogP contribution is -2.22. The molecule has 1 N–H and O–H groups in total. The summed E-state index contributed by atoms with van der Waals surface area (Å²) in [6.07, 6.45) is 7.71. The topological polar surface area (TPSA) is 47.9 Å². The predicted molar refractivity (Wildman–Crippen MR) is 103 cm³/mol. The average molecular weight is 380 g/mol. The molecule has 0 radical (unpaired) electrons. The highest BCUT2D eigenvalue weighted by Gasteiger charge is 2.48. The number of rotatable bonds is 5. The third kappa shape index (κ3) is 3.58. The van der Waals surface area contributed by atoms with Crippen LogP contribution in [0, 0.1) is 17.8 Å². The van der Waals surface area contributed by atoms with E-state index in [1.165, 1.54) is 11.1 Å². The Hall–Kier alpha value is -0.340. The Labute approximate surface area is 153 Å². The number of hydrogen-bond donors (Lipinski definition) is 1. The molecule has 2 aliphatic carbocycles. The lowest BCUT2D eigenvalue weighted by atomic mass is 9.90. The lowest BCUT2D eigenvalue weighted by Gasteiger charge is -2.22. The van der Waals surface area contributed by atoms with Crippen molar-refractivity contribution in [2.45, 2.75) is 50.3 Å². The molecular weight excluding hydrogens is 354 g/mol. The van der Waals surface area contributed by atoms with Crippen LogP contribution in [0.1, 0.15) is 24.0 Å². The third-order valence-corrected chi connectivity index (χ3v) is 6.74. The van der Waals surface area contributed by atoms with Crippen molar-refractivity contribution in [3.05, 3.63) is 47.5 Å². The van der Waals surface area contributed by atoms with E-state index in [1.54, 1.807) is 0 Å². The van der Waals surface area contributed by atoms with Crippen LogP contribution in [0.4, 0.5) is 0 Å². The van der Waals surface area contributed by atoms with Crippen LogP contribution in [0.25, 0.3) is 0 Å². The quantitative estimate of drug-likeness (QED) is 0.630. The molecule has 1 saturated carbocycles. The van der Waals surface area contributed by atoms with Gasteiger partial charge in [0.25, 0.3) is 0 Å². The maximum atomic E-state index is 9.79. The van der Waals surface area contributed by atoms with E-state index in [2.05, 4.69) is 55.4 Å². The molecule has 136 valence electrons. The van der Waals surface area contributed by atoms with Crippen LogP contribution in [-0.2, 0) is 26.6 Å². The number of benzene rings is 1. The van der Waals surface area contributed by atoms with Gasteiger partial charge in [-0.1, -0.05) is 36.4 Å². The summed E-state index contributed by atoms with van der Waals surface area (Å²) in [7, 11) is 4.82. The highest BCUT2D eigenvalue weighted by Crippen LogP contribution is 2.45. The van der Waals surface area contributed by atoms with Crippen LogP contribution in [0.5, 0.6) is 0 Å². The highest BCUT2D eigenvalue weighted by atomic mass is 31.0. The second-order valence-electron chi connectivity index (χ2n) is 7.44. The predicted octanol–water partition coefficient (Wildman–Crippen LogP) is 3.05. The molecule has 1 aromatic carbocycles. The van der Waals surface area contributed by atoms with Gasteiger partial charge in [0, 0.05) is 37.7 Å². The van der Waals surface area contributed by atoms with Crippen LogP contribution in [0.3, 0.4) is 0 Å². The molecule has 0 aromatic heterocycles. The van der Waals surface area contributed by atoms with Crippen molar-refractivity contribution in [3.8, 4) is 0 Å². The molecule has 6 unspecified atom stereocenters. The maximum Gasteiger partial charge on any atom is 0.155 e. The minimum Gasteiger partial charge on any atom is -0.368 e. The van der Waals surface area contributed by atoms with Crippen LogP contribution in [-0.4, -0.2) is 29.7 Å². The highest BCUT2D eigenvalue weighted by molar-refractivity contribution is 7.10. The first-order valence-corrected chi connectivity index (χ1v) is 9.93. The summed E-state index contributed by atoms with van der Waals surface area (Å²) in [5, 5.41) is 9.79. The molecule has 1 saturated heterocycles. The Kier molecular flexibility index (Phi) is 5.57. The molecule has 1 aromatic rings. The molecule has 8 atom stereocenters. The number of fused-ring (bicyclic) bond motifs is 2. The number of aliphatic hydroxyl groups excluding tert-OH is 1. The molecule has 4 nitrogen and oxygen atoms in total. The normalized spacial score (nSPS) is 36.0. The van der Waals surface area contributed by atoms with Gasteiger partial charge in [0.1, 0.15) is 0 Å². The standard InChI is InChI=1S/C19H26O4P2/c20-19-9-15-14(18(23-25)10-17(15)21-19)5-6-16(22-24)13-7-11-3-1-2-4-12(11)8-13/h1-6,13-20H,7-10,24-25H2/b6-5+/t14-,15-,16?,17?,18?,19?/m1/s1. The van der Waals surface area contributed by atoms with Gasteiger partial charge in [0.2, 0.25) is 0 Å². The van der Waals surface area contributed by atoms with E-state index in [0.29, 0.717) is 18.3 Å². The van der Waals surface area contributed by atoms with Crippen LogP contribution in [0.2, 0.25) is 0 Å². The largest absolute Gasteiger partial charge is 0.368 e. The van der Waals surface area contributed by atoms with Gasteiger partial charge < -0.3 is 18.9 Å². The Morgan fingerprint density at radius 3 is 2.52 bits per heavy atom. The lowest BCUT2D eigenvalue weighted by molar-refractivity contribution is -0.0938. The van der Waals surface area contributed by atoms with Crippen molar-refractivity contribution in [3.63, 3.8) is 0 Å². The van der Waals surface area contributed by atoms with Crippen LogP contribution >= 0.6 is 18.9 Å². The molecule has 0 amide bonds. The molecular formula is C19H26O4P2. The van der Waals surface area contributed by atoms with Crippen molar-refractivity contribution in [2.75, 3.05) is 0 Å². The first-order chi connectivity index (χ1) is 12.2. The van der Waals surface area contributed by atoms with E-state index in [1.807, 2.05) is 0 Å². The van der Waals surface area contributed by atoms with Gasteiger partial charge in [0.15, 0.2) is 6.29 Å². The molecule has 0 spiro atoms. The van der Waals surface area contributed by atoms with Gasteiger partial charge >= 0.3 is 0 Å². The van der Waals surface area contributed by atoms with Gasteiger partial charge in [-0.05, 0) is 35.8 Å². The Balaban J connectivity index is 1.46. The Morgan fingerprint density at radius 1 is 1.16 bits per heavy atom. The third-order valence-electron chi connectivity index (χ3n) is 6.07. The molecule has 2 fully saturated rings. The van der Waals surface area contributed by atoms with E-state index in [0.717, 1.165) is 19.3 Å². The fourth-order valence-corrected chi connectivity index (χ4v) is 5.44. The fraction of sp³-hybridized carbons (Fsp3) is 0.579. The first kappa shape index (κ1) is 18.0. The van der Waals surface area contributed by atoms with Gasteiger partial charge in [-0.15, -0.1) is 0 Å².